The number of esters is 1. The van der Waals surface area contributed by atoms with Crippen LogP contribution in [0.5, 0.6) is 0 Å². The van der Waals surface area contributed by atoms with E-state index in [0.29, 0.717) is 17.1 Å². The first kappa shape index (κ1) is 14.6. The number of anilines is 1. The predicted octanol–water partition coefficient (Wildman–Crippen LogP) is 1.51. The fourth-order valence-corrected chi connectivity index (χ4v) is 2.60. The third kappa shape index (κ3) is 3.21. The number of hydrogen-bond donors (Lipinski definition) is 0. The first-order valence-corrected chi connectivity index (χ1v) is 6.76. The zero-order chi connectivity index (χ0) is 14.5. The molecule has 0 bridgehead atoms. The van der Waals surface area contributed by atoms with Crippen molar-refractivity contribution in [1.82, 2.24) is 4.90 Å². The maximum atomic E-state index is 11.2. The van der Waals surface area contributed by atoms with Crippen LogP contribution in [0.1, 0.15) is 5.56 Å². The number of ether oxygens (including phenoxy) is 1. The molecule has 1 fully saturated rings. The minimum atomic E-state index is -0.228. The molecule has 0 aromatic heterocycles. The van der Waals surface area contributed by atoms with Crippen molar-refractivity contribution < 1.29 is 9.53 Å². The molecule has 0 saturated carbocycles. The molecule has 0 unspecified atom stereocenters. The summed E-state index contributed by atoms with van der Waals surface area (Å²) in [6.07, 6.45) is 0. The molecule has 2 rings (SSSR count). The van der Waals surface area contributed by atoms with Crippen molar-refractivity contribution in [3.05, 3.63) is 28.8 Å². The molecule has 1 aromatic carbocycles. The van der Waals surface area contributed by atoms with Crippen molar-refractivity contribution in [2.75, 3.05) is 44.7 Å². The minimum Gasteiger partial charge on any atom is -0.468 e. The molecule has 1 aliphatic rings. The molecule has 0 N–H and O–H groups in total. The molecule has 0 amide bonds. The van der Waals surface area contributed by atoms with E-state index < -0.39 is 0 Å². The van der Waals surface area contributed by atoms with Crippen molar-refractivity contribution in [1.29, 1.82) is 5.26 Å². The van der Waals surface area contributed by atoms with Gasteiger partial charge in [-0.3, -0.25) is 9.69 Å². The Morgan fingerprint density at radius 2 is 2.10 bits per heavy atom. The molecular weight excluding hydrogens is 278 g/mol. The first-order chi connectivity index (χ1) is 9.65. The number of methoxy groups -OCH3 is 1. The maximum absolute atomic E-state index is 11.2. The van der Waals surface area contributed by atoms with Crippen LogP contribution in [-0.2, 0) is 9.53 Å². The van der Waals surface area contributed by atoms with Gasteiger partial charge in [-0.25, -0.2) is 0 Å². The Kier molecular flexibility index (Phi) is 4.83. The number of piperazine rings is 1. The van der Waals surface area contributed by atoms with Gasteiger partial charge in [0.25, 0.3) is 0 Å². The minimum absolute atomic E-state index is 0.228. The highest BCUT2D eigenvalue weighted by atomic mass is 35.5. The van der Waals surface area contributed by atoms with E-state index in [1.54, 1.807) is 18.2 Å². The molecule has 0 spiro atoms. The van der Waals surface area contributed by atoms with Crippen LogP contribution in [0.3, 0.4) is 0 Å². The van der Waals surface area contributed by atoms with Crippen LogP contribution in [-0.4, -0.2) is 50.7 Å². The Morgan fingerprint density at radius 3 is 2.70 bits per heavy atom. The molecule has 20 heavy (non-hydrogen) atoms. The molecular formula is C14H16ClN3O2. The van der Waals surface area contributed by atoms with Crippen LogP contribution in [0.25, 0.3) is 0 Å². The van der Waals surface area contributed by atoms with Gasteiger partial charge < -0.3 is 9.64 Å². The van der Waals surface area contributed by atoms with E-state index >= 15 is 0 Å². The maximum Gasteiger partial charge on any atom is 0.319 e. The summed E-state index contributed by atoms with van der Waals surface area (Å²) in [6.45, 7) is 3.25. The topological polar surface area (TPSA) is 56.6 Å². The highest BCUT2D eigenvalue weighted by molar-refractivity contribution is 6.33. The fourth-order valence-electron chi connectivity index (χ4n) is 2.30. The Bertz CT molecular complexity index is 534. The average molecular weight is 294 g/mol. The SMILES string of the molecule is COC(=O)CN1CCN(c2c(Cl)cccc2C#N)CC1. The molecule has 1 heterocycles. The van der Waals surface area contributed by atoms with Crippen LogP contribution >= 0.6 is 11.6 Å². The number of carbonyl (C=O) groups is 1. The molecule has 1 aromatic rings. The summed E-state index contributed by atoms with van der Waals surface area (Å²) >= 11 is 6.20. The number of halogens is 1. The van der Waals surface area contributed by atoms with E-state index in [1.165, 1.54) is 7.11 Å². The second kappa shape index (κ2) is 6.60. The molecule has 106 valence electrons. The number of nitrogens with zero attached hydrogens (tertiary/aromatic N) is 3. The molecule has 0 aliphatic carbocycles. The number of rotatable bonds is 3. The number of carbonyl (C=O) groups excluding carboxylic acids is 1. The van der Waals surface area contributed by atoms with Gasteiger partial charge in [-0.15, -0.1) is 0 Å². The lowest BCUT2D eigenvalue weighted by molar-refractivity contribution is -0.142. The van der Waals surface area contributed by atoms with E-state index in [0.717, 1.165) is 31.9 Å². The lowest BCUT2D eigenvalue weighted by atomic mass is 10.1. The number of nitriles is 1. The molecule has 6 heteroatoms. The first-order valence-electron chi connectivity index (χ1n) is 6.38. The Morgan fingerprint density at radius 1 is 1.40 bits per heavy atom. The molecule has 5 nitrogen and oxygen atoms in total. The van der Waals surface area contributed by atoms with Gasteiger partial charge in [-0.1, -0.05) is 17.7 Å². The smallest absolute Gasteiger partial charge is 0.319 e. The number of para-hydroxylation sites is 1. The molecule has 1 aliphatic heterocycles. The average Bonchev–Trinajstić information content (AvgIpc) is 2.48. The van der Waals surface area contributed by atoms with Gasteiger partial charge in [-0.2, -0.15) is 5.26 Å². The van der Waals surface area contributed by atoms with Gasteiger partial charge in [-0.05, 0) is 12.1 Å². The zero-order valence-corrected chi connectivity index (χ0v) is 12.1. The normalized spacial score (nSPS) is 15.8. The Labute approximate surface area is 123 Å². The third-order valence-electron chi connectivity index (χ3n) is 3.38. The fraction of sp³-hybridized carbons (Fsp3) is 0.429. The van der Waals surface area contributed by atoms with E-state index in [-0.39, 0.29) is 5.97 Å². The molecule has 1 saturated heterocycles. The van der Waals surface area contributed by atoms with Crippen molar-refractivity contribution in [2.45, 2.75) is 0 Å². The Hall–Kier alpha value is -1.77. The predicted molar refractivity (Wildman–Crippen MR) is 76.8 cm³/mol. The summed E-state index contributed by atoms with van der Waals surface area (Å²) in [5, 5.41) is 9.76. The highest BCUT2D eigenvalue weighted by Crippen LogP contribution is 2.30. The van der Waals surface area contributed by atoms with Gasteiger partial charge in [0.1, 0.15) is 6.07 Å². The lowest BCUT2D eigenvalue weighted by Gasteiger charge is -2.36. The summed E-state index contributed by atoms with van der Waals surface area (Å²) in [4.78, 5) is 15.4. The summed E-state index contributed by atoms with van der Waals surface area (Å²) in [5.74, 6) is -0.228. The summed E-state index contributed by atoms with van der Waals surface area (Å²) in [5.41, 5.74) is 1.37. The van der Waals surface area contributed by atoms with Crippen molar-refractivity contribution in [3.63, 3.8) is 0 Å². The quantitative estimate of drug-likeness (QED) is 0.791. The van der Waals surface area contributed by atoms with Crippen LogP contribution in [0.15, 0.2) is 18.2 Å². The van der Waals surface area contributed by atoms with E-state index in [1.807, 2.05) is 4.90 Å². The molecule has 0 atom stereocenters. The van der Waals surface area contributed by atoms with E-state index in [4.69, 9.17) is 16.9 Å². The molecule has 0 radical (unpaired) electrons. The monoisotopic (exact) mass is 293 g/mol. The van der Waals surface area contributed by atoms with E-state index in [9.17, 15) is 4.79 Å². The lowest BCUT2D eigenvalue weighted by Crippen LogP contribution is -2.48. The second-order valence-corrected chi connectivity index (χ2v) is 4.99. The van der Waals surface area contributed by atoms with Crippen LogP contribution in [0.4, 0.5) is 5.69 Å². The Balaban J connectivity index is 2.05. The van der Waals surface area contributed by atoms with Gasteiger partial charge in [0.05, 0.1) is 29.9 Å². The van der Waals surface area contributed by atoms with Crippen LogP contribution in [0.2, 0.25) is 5.02 Å². The van der Waals surface area contributed by atoms with Gasteiger partial charge >= 0.3 is 5.97 Å². The van der Waals surface area contributed by atoms with E-state index in [2.05, 4.69) is 15.7 Å². The van der Waals surface area contributed by atoms with Crippen LogP contribution < -0.4 is 4.90 Å². The standard InChI is InChI=1S/C14H16ClN3O2/c1-20-13(19)10-17-5-7-18(8-6-17)14-11(9-16)3-2-4-12(14)15/h2-4H,5-8,10H2,1H3. The largest absolute Gasteiger partial charge is 0.468 e. The van der Waals surface area contributed by atoms with Gasteiger partial charge in [0.2, 0.25) is 0 Å². The van der Waals surface area contributed by atoms with Crippen LogP contribution in [0, 0.1) is 11.3 Å². The van der Waals surface area contributed by atoms with Crippen molar-refractivity contribution >= 4 is 23.3 Å². The summed E-state index contributed by atoms with van der Waals surface area (Å²) in [7, 11) is 1.39. The third-order valence-corrected chi connectivity index (χ3v) is 3.68. The second-order valence-electron chi connectivity index (χ2n) is 4.59. The van der Waals surface area contributed by atoms with Gasteiger partial charge in [0.15, 0.2) is 0 Å². The van der Waals surface area contributed by atoms with Crippen molar-refractivity contribution in [2.24, 2.45) is 0 Å². The number of benzene rings is 1. The summed E-state index contributed by atoms with van der Waals surface area (Å²) < 4.78 is 4.66. The highest BCUT2D eigenvalue weighted by Gasteiger charge is 2.22. The zero-order valence-electron chi connectivity index (χ0n) is 11.3. The summed E-state index contributed by atoms with van der Waals surface area (Å²) in [6, 6.07) is 7.50. The van der Waals surface area contributed by atoms with Crippen molar-refractivity contribution in [3.8, 4) is 6.07 Å². The number of hydrogen-bond acceptors (Lipinski definition) is 5. The van der Waals surface area contributed by atoms with Gasteiger partial charge in [0, 0.05) is 26.2 Å².